The summed E-state index contributed by atoms with van der Waals surface area (Å²) in [5.74, 6) is -0.712. The molecule has 0 spiro atoms. The number of ether oxygens (including phenoxy) is 3. The fourth-order valence-electron chi connectivity index (χ4n) is 2.24. The minimum atomic E-state index is -1.02. The SMILES string of the molecule is CC(C)(C)OC(=O)N1CC2OC(C)(C)OC2C1O. The van der Waals surface area contributed by atoms with Crippen LogP contribution >= 0.6 is 0 Å². The van der Waals surface area contributed by atoms with E-state index in [1.54, 1.807) is 34.6 Å². The fraction of sp³-hybridized carbons (Fsp3) is 0.917. The summed E-state index contributed by atoms with van der Waals surface area (Å²) in [5, 5.41) is 10.1. The molecule has 6 nitrogen and oxygen atoms in total. The zero-order valence-electron chi connectivity index (χ0n) is 11.5. The lowest BCUT2D eigenvalue weighted by molar-refractivity contribution is -0.177. The van der Waals surface area contributed by atoms with E-state index in [1.807, 2.05) is 0 Å². The molecule has 6 heteroatoms. The summed E-state index contributed by atoms with van der Waals surface area (Å²) in [5.41, 5.74) is -0.588. The minimum absolute atomic E-state index is 0.282. The number of aliphatic hydroxyl groups excluding tert-OH is 1. The van der Waals surface area contributed by atoms with Crippen molar-refractivity contribution in [2.24, 2.45) is 0 Å². The highest BCUT2D eigenvalue weighted by Crippen LogP contribution is 2.36. The third-order valence-corrected chi connectivity index (χ3v) is 2.84. The van der Waals surface area contributed by atoms with Gasteiger partial charge in [-0.2, -0.15) is 0 Å². The molecule has 3 atom stereocenters. The molecule has 2 fully saturated rings. The first-order valence-corrected chi connectivity index (χ1v) is 6.12. The van der Waals surface area contributed by atoms with Crippen molar-refractivity contribution < 1.29 is 24.1 Å². The van der Waals surface area contributed by atoms with Gasteiger partial charge in [0.25, 0.3) is 0 Å². The van der Waals surface area contributed by atoms with Crippen LogP contribution in [-0.2, 0) is 14.2 Å². The molecule has 0 saturated carbocycles. The number of rotatable bonds is 0. The zero-order chi connectivity index (χ0) is 13.7. The number of fused-ring (bicyclic) bond motifs is 1. The summed E-state index contributed by atoms with van der Waals surface area (Å²) in [6.45, 7) is 9.20. The van der Waals surface area contributed by atoms with Crippen molar-refractivity contribution >= 4 is 6.09 Å². The Balaban J connectivity index is 2.01. The van der Waals surface area contributed by atoms with E-state index in [0.29, 0.717) is 0 Å². The van der Waals surface area contributed by atoms with E-state index >= 15 is 0 Å². The number of aliphatic hydroxyl groups is 1. The van der Waals surface area contributed by atoms with E-state index in [2.05, 4.69) is 0 Å². The lowest BCUT2D eigenvalue weighted by Gasteiger charge is -2.29. The van der Waals surface area contributed by atoms with Crippen molar-refractivity contribution in [1.82, 2.24) is 4.90 Å². The molecule has 0 aromatic rings. The van der Waals surface area contributed by atoms with E-state index < -0.39 is 29.8 Å². The maximum atomic E-state index is 11.9. The molecule has 0 aromatic heterocycles. The van der Waals surface area contributed by atoms with Gasteiger partial charge in [-0.25, -0.2) is 4.79 Å². The predicted molar refractivity (Wildman–Crippen MR) is 62.8 cm³/mol. The number of likely N-dealkylation sites (tertiary alicyclic amines) is 1. The number of amides is 1. The molecule has 0 bridgehead atoms. The smallest absolute Gasteiger partial charge is 0.412 e. The van der Waals surface area contributed by atoms with Crippen LogP contribution in [-0.4, -0.2) is 52.5 Å². The van der Waals surface area contributed by atoms with E-state index in [4.69, 9.17) is 14.2 Å². The van der Waals surface area contributed by atoms with Crippen molar-refractivity contribution in [3.05, 3.63) is 0 Å². The lowest BCUT2D eigenvalue weighted by Crippen LogP contribution is -2.44. The van der Waals surface area contributed by atoms with Crippen molar-refractivity contribution in [2.75, 3.05) is 6.54 Å². The average molecular weight is 259 g/mol. The van der Waals surface area contributed by atoms with Crippen LogP contribution in [0.25, 0.3) is 0 Å². The number of hydrogen-bond donors (Lipinski definition) is 1. The molecule has 2 heterocycles. The van der Waals surface area contributed by atoms with Crippen LogP contribution in [0.5, 0.6) is 0 Å². The van der Waals surface area contributed by atoms with Gasteiger partial charge in [0.2, 0.25) is 0 Å². The van der Waals surface area contributed by atoms with E-state index in [0.717, 1.165) is 0 Å². The van der Waals surface area contributed by atoms with Crippen LogP contribution in [0.3, 0.4) is 0 Å². The van der Waals surface area contributed by atoms with E-state index in [-0.39, 0.29) is 12.6 Å². The highest BCUT2D eigenvalue weighted by Gasteiger charge is 2.54. The van der Waals surface area contributed by atoms with Crippen LogP contribution in [0.4, 0.5) is 4.79 Å². The van der Waals surface area contributed by atoms with Crippen LogP contribution in [0.15, 0.2) is 0 Å². The molecular weight excluding hydrogens is 238 g/mol. The average Bonchev–Trinajstić information content (AvgIpc) is 2.58. The largest absolute Gasteiger partial charge is 0.444 e. The van der Waals surface area contributed by atoms with Gasteiger partial charge in [0.05, 0.1) is 6.54 Å². The van der Waals surface area contributed by atoms with Crippen LogP contribution in [0.2, 0.25) is 0 Å². The standard InChI is InChI=1S/C12H21NO5/c1-11(2,3)18-10(15)13-6-7-8(9(13)14)17-12(4,5)16-7/h7-9,14H,6H2,1-5H3. The predicted octanol–water partition coefficient (Wildman–Crippen LogP) is 1.08. The first-order chi connectivity index (χ1) is 8.09. The monoisotopic (exact) mass is 259 g/mol. The van der Waals surface area contributed by atoms with Crippen molar-refractivity contribution in [1.29, 1.82) is 0 Å². The molecule has 0 aromatic carbocycles. The Morgan fingerprint density at radius 2 is 2.00 bits per heavy atom. The molecule has 2 aliphatic rings. The van der Waals surface area contributed by atoms with Gasteiger partial charge >= 0.3 is 6.09 Å². The molecule has 104 valence electrons. The molecule has 3 unspecified atom stereocenters. The highest BCUT2D eigenvalue weighted by molar-refractivity contribution is 5.69. The molecule has 2 saturated heterocycles. The maximum absolute atomic E-state index is 11.9. The molecule has 0 radical (unpaired) electrons. The molecule has 1 amide bonds. The zero-order valence-corrected chi connectivity index (χ0v) is 11.5. The van der Waals surface area contributed by atoms with Gasteiger partial charge in [0, 0.05) is 0 Å². The summed E-state index contributed by atoms with van der Waals surface area (Å²) in [6.07, 6.45) is -2.38. The Kier molecular flexibility index (Phi) is 3.08. The van der Waals surface area contributed by atoms with Gasteiger partial charge in [-0.1, -0.05) is 0 Å². The summed E-state index contributed by atoms with van der Waals surface area (Å²) >= 11 is 0. The van der Waals surface area contributed by atoms with E-state index in [1.165, 1.54) is 4.90 Å². The first kappa shape index (κ1) is 13.6. The lowest BCUT2D eigenvalue weighted by atomic mass is 10.2. The molecule has 0 aliphatic carbocycles. The topological polar surface area (TPSA) is 68.2 Å². The van der Waals surface area contributed by atoms with Gasteiger partial charge in [-0.05, 0) is 34.6 Å². The van der Waals surface area contributed by atoms with Crippen LogP contribution in [0, 0.1) is 0 Å². The maximum Gasteiger partial charge on any atom is 0.412 e. The normalized spacial score (nSPS) is 34.6. The molecule has 2 rings (SSSR count). The molecule has 18 heavy (non-hydrogen) atoms. The molecule has 2 aliphatic heterocycles. The van der Waals surface area contributed by atoms with Gasteiger partial charge in [-0.15, -0.1) is 0 Å². The number of carbonyl (C=O) groups excluding carboxylic acids is 1. The molecule has 1 N–H and O–H groups in total. The second-order valence-electron chi connectivity index (χ2n) is 6.18. The third-order valence-electron chi connectivity index (χ3n) is 2.84. The summed E-state index contributed by atoms with van der Waals surface area (Å²) in [7, 11) is 0. The van der Waals surface area contributed by atoms with E-state index in [9.17, 15) is 9.90 Å². The second-order valence-corrected chi connectivity index (χ2v) is 6.18. The number of hydrogen-bond acceptors (Lipinski definition) is 5. The fourth-order valence-corrected chi connectivity index (χ4v) is 2.24. The first-order valence-electron chi connectivity index (χ1n) is 6.12. The number of nitrogens with zero attached hydrogens (tertiary/aromatic N) is 1. The minimum Gasteiger partial charge on any atom is -0.444 e. The highest BCUT2D eigenvalue weighted by atomic mass is 16.8. The Morgan fingerprint density at radius 3 is 2.50 bits per heavy atom. The van der Waals surface area contributed by atoms with Gasteiger partial charge in [-0.3, -0.25) is 4.90 Å². The Morgan fingerprint density at radius 1 is 1.39 bits per heavy atom. The van der Waals surface area contributed by atoms with Gasteiger partial charge in [0.15, 0.2) is 12.0 Å². The van der Waals surface area contributed by atoms with Crippen LogP contribution < -0.4 is 0 Å². The summed E-state index contributed by atoms with van der Waals surface area (Å²) in [4.78, 5) is 13.1. The Hall–Kier alpha value is -0.850. The number of carbonyl (C=O) groups is 1. The Bertz CT molecular complexity index is 349. The van der Waals surface area contributed by atoms with Crippen molar-refractivity contribution in [3.8, 4) is 0 Å². The third kappa shape index (κ3) is 2.60. The van der Waals surface area contributed by atoms with Crippen molar-refractivity contribution in [3.63, 3.8) is 0 Å². The summed E-state index contributed by atoms with van der Waals surface area (Å²) in [6, 6.07) is 0. The quantitative estimate of drug-likeness (QED) is 0.705. The second kappa shape index (κ2) is 4.08. The van der Waals surface area contributed by atoms with Crippen LogP contribution in [0.1, 0.15) is 34.6 Å². The Labute approximate surface area is 107 Å². The van der Waals surface area contributed by atoms with Gasteiger partial charge < -0.3 is 19.3 Å². The van der Waals surface area contributed by atoms with Gasteiger partial charge in [0.1, 0.15) is 17.8 Å². The molecular formula is C12H21NO5. The van der Waals surface area contributed by atoms with Crippen molar-refractivity contribution in [2.45, 2.75) is 64.4 Å². The summed E-state index contributed by atoms with van der Waals surface area (Å²) < 4.78 is 16.4.